The first kappa shape index (κ1) is 24.9. The van der Waals surface area contributed by atoms with E-state index < -0.39 is 0 Å². The molecule has 0 amide bonds. The van der Waals surface area contributed by atoms with E-state index in [1.54, 1.807) is 0 Å². The van der Waals surface area contributed by atoms with Gasteiger partial charge in [0.15, 0.2) is 5.82 Å². The van der Waals surface area contributed by atoms with Crippen molar-refractivity contribution in [1.29, 1.82) is 0 Å². The molecule has 3 rings (SSSR count). The van der Waals surface area contributed by atoms with Gasteiger partial charge in [-0.05, 0) is 67.8 Å². The molecule has 1 unspecified atom stereocenters. The Morgan fingerprint density at radius 1 is 1.24 bits per heavy atom. The number of hydrogen-bond donors (Lipinski definition) is 2. The van der Waals surface area contributed by atoms with Crippen LogP contribution in [0.5, 0.6) is 5.75 Å². The molecule has 2 aromatic heterocycles. The summed E-state index contributed by atoms with van der Waals surface area (Å²) in [5, 5.41) is 23.4. The molecule has 0 bridgehead atoms. The van der Waals surface area contributed by atoms with Crippen molar-refractivity contribution in [3.63, 3.8) is 0 Å². The molecule has 9 heteroatoms. The molecule has 3 aromatic rings. The van der Waals surface area contributed by atoms with E-state index in [9.17, 15) is 9.90 Å². The largest absolute Gasteiger partial charge is 0.494 e. The van der Waals surface area contributed by atoms with Crippen LogP contribution >= 0.6 is 0 Å². The minimum Gasteiger partial charge on any atom is -0.494 e. The zero-order valence-corrected chi connectivity index (χ0v) is 20.5. The van der Waals surface area contributed by atoms with Crippen molar-refractivity contribution in [2.45, 2.75) is 66.1 Å². The highest BCUT2D eigenvalue weighted by Crippen LogP contribution is 2.31. The number of aromatic amines is 1. The average molecular weight is 457 g/mol. The van der Waals surface area contributed by atoms with Gasteiger partial charge in [-0.15, -0.1) is 5.10 Å². The number of nitrogens with one attached hydrogen (secondary N) is 1. The van der Waals surface area contributed by atoms with Crippen molar-refractivity contribution in [2.75, 3.05) is 19.8 Å². The number of ether oxygens (including phenoxy) is 1. The maximum atomic E-state index is 12.9. The van der Waals surface area contributed by atoms with Gasteiger partial charge in [-0.1, -0.05) is 20.8 Å². The van der Waals surface area contributed by atoms with Gasteiger partial charge in [0.1, 0.15) is 5.75 Å². The number of rotatable bonds is 11. The minimum atomic E-state index is -0.257. The molecule has 0 aliphatic rings. The third-order valence-corrected chi connectivity index (χ3v) is 6.19. The fourth-order valence-corrected chi connectivity index (χ4v) is 4.11. The summed E-state index contributed by atoms with van der Waals surface area (Å²) < 4.78 is 7.49. The molecule has 1 aromatic carbocycles. The second-order valence-electron chi connectivity index (χ2n) is 9.30. The van der Waals surface area contributed by atoms with Crippen molar-refractivity contribution in [3.8, 4) is 5.75 Å². The second-order valence-corrected chi connectivity index (χ2v) is 9.30. The third kappa shape index (κ3) is 5.42. The van der Waals surface area contributed by atoms with E-state index in [1.165, 1.54) is 0 Å². The zero-order chi connectivity index (χ0) is 24.2. The summed E-state index contributed by atoms with van der Waals surface area (Å²) in [6.07, 6.45) is 0.863. The molecule has 1 atom stereocenters. The summed E-state index contributed by atoms with van der Waals surface area (Å²) in [4.78, 5) is 18.0. The standard InChI is InChI=1S/C24H36N6O3/c1-7-24(5,6)30-22(26-27-28-30)21(16(3)4)29(11-12-31)15-18-13-17-14-19(33-8-2)9-10-20(17)25-23(18)32/h9-10,13-14,16,21,31H,7-8,11-12,15H2,1-6H3,(H,25,32). The Kier molecular flexibility index (Phi) is 7.86. The van der Waals surface area contributed by atoms with Gasteiger partial charge < -0.3 is 14.8 Å². The highest BCUT2D eigenvalue weighted by atomic mass is 16.5. The Hall–Kier alpha value is -2.78. The Labute approximate surface area is 194 Å². The van der Waals surface area contributed by atoms with E-state index in [2.05, 4.69) is 60.0 Å². The first-order valence-electron chi connectivity index (χ1n) is 11.6. The Morgan fingerprint density at radius 3 is 2.64 bits per heavy atom. The molecular weight excluding hydrogens is 420 g/mol. The molecule has 0 fully saturated rings. The summed E-state index contributed by atoms with van der Waals surface area (Å²) in [6.45, 7) is 13.7. The van der Waals surface area contributed by atoms with Gasteiger partial charge in [0, 0.05) is 29.6 Å². The van der Waals surface area contributed by atoms with Crippen LogP contribution in [-0.2, 0) is 12.1 Å². The number of nitrogens with zero attached hydrogens (tertiary/aromatic N) is 5. The highest BCUT2D eigenvalue weighted by molar-refractivity contribution is 5.80. The SMILES string of the molecule is CCOc1ccc2[nH]c(=O)c(CN(CCO)C(c3nnnn3C(C)(C)CC)C(C)C)cc2c1. The lowest BCUT2D eigenvalue weighted by molar-refractivity contribution is 0.0999. The number of H-pyrrole nitrogens is 1. The second kappa shape index (κ2) is 10.4. The lowest BCUT2D eigenvalue weighted by atomic mass is 9.97. The van der Waals surface area contributed by atoms with Gasteiger partial charge >= 0.3 is 0 Å². The van der Waals surface area contributed by atoms with Crippen molar-refractivity contribution in [3.05, 3.63) is 46.0 Å². The first-order valence-corrected chi connectivity index (χ1v) is 11.6. The molecule has 180 valence electrons. The first-order chi connectivity index (χ1) is 15.7. The fourth-order valence-electron chi connectivity index (χ4n) is 4.11. The summed E-state index contributed by atoms with van der Waals surface area (Å²) in [7, 11) is 0. The highest BCUT2D eigenvalue weighted by Gasteiger charge is 2.33. The van der Waals surface area contributed by atoms with Crippen LogP contribution < -0.4 is 10.3 Å². The topological polar surface area (TPSA) is 109 Å². The number of tetrazole rings is 1. The minimum absolute atomic E-state index is 0.0398. The molecule has 0 saturated heterocycles. The molecule has 33 heavy (non-hydrogen) atoms. The van der Waals surface area contributed by atoms with Crippen molar-refractivity contribution in [2.24, 2.45) is 5.92 Å². The van der Waals surface area contributed by atoms with Crippen molar-refractivity contribution in [1.82, 2.24) is 30.1 Å². The molecule has 0 spiro atoms. The Bertz CT molecular complexity index is 1120. The normalized spacial score (nSPS) is 13.2. The van der Waals surface area contributed by atoms with Crippen LogP contribution in [0.2, 0.25) is 0 Å². The summed E-state index contributed by atoms with van der Waals surface area (Å²) in [5.41, 5.74) is 0.969. The third-order valence-electron chi connectivity index (χ3n) is 6.19. The van der Waals surface area contributed by atoms with Gasteiger partial charge in [0.2, 0.25) is 0 Å². The lowest BCUT2D eigenvalue weighted by Crippen LogP contribution is -2.39. The molecule has 2 heterocycles. The van der Waals surface area contributed by atoms with Gasteiger partial charge in [-0.25, -0.2) is 4.68 Å². The van der Waals surface area contributed by atoms with Crippen LogP contribution in [0.4, 0.5) is 0 Å². The Morgan fingerprint density at radius 2 is 2.00 bits per heavy atom. The molecule has 9 nitrogen and oxygen atoms in total. The van der Waals surface area contributed by atoms with E-state index in [0.717, 1.165) is 28.9 Å². The lowest BCUT2D eigenvalue weighted by Gasteiger charge is -2.35. The van der Waals surface area contributed by atoms with Gasteiger partial charge in [-0.2, -0.15) is 0 Å². The van der Waals surface area contributed by atoms with Crippen molar-refractivity contribution >= 4 is 10.9 Å². The predicted molar refractivity (Wildman–Crippen MR) is 128 cm³/mol. The van der Waals surface area contributed by atoms with Crippen LogP contribution in [0.15, 0.2) is 29.1 Å². The van der Waals surface area contributed by atoms with E-state index in [4.69, 9.17) is 4.74 Å². The van der Waals surface area contributed by atoms with Crippen LogP contribution in [0.25, 0.3) is 10.9 Å². The fraction of sp³-hybridized carbons (Fsp3) is 0.583. The quantitative estimate of drug-likeness (QED) is 0.456. The zero-order valence-electron chi connectivity index (χ0n) is 20.5. The van der Waals surface area contributed by atoms with E-state index >= 15 is 0 Å². The molecule has 0 saturated carbocycles. The van der Waals surface area contributed by atoms with Crippen LogP contribution in [0.3, 0.4) is 0 Å². The van der Waals surface area contributed by atoms with Crippen LogP contribution in [0, 0.1) is 5.92 Å². The maximum Gasteiger partial charge on any atom is 0.252 e. The predicted octanol–water partition coefficient (Wildman–Crippen LogP) is 3.25. The maximum absolute atomic E-state index is 12.9. The molecule has 0 aliphatic carbocycles. The Balaban J connectivity index is 2.03. The molecule has 0 aliphatic heterocycles. The number of benzene rings is 1. The molecule has 2 N–H and O–H groups in total. The number of aromatic nitrogens is 5. The number of pyridine rings is 1. The van der Waals surface area contributed by atoms with E-state index in [-0.39, 0.29) is 29.7 Å². The van der Waals surface area contributed by atoms with Gasteiger partial charge in [-0.3, -0.25) is 9.69 Å². The number of aliphatic hydroxyl groups excluding tert-OH is 1. The number of fused-ring (bicyclic) bond motifs is 1. The number of aliphatic hydroxyl groups is 1. The van der Waals surface area contributed by atoms with E-state index in [1.807, 2.05) is 35.9 Å². The summed E-state index contributed by atoms with van der Waals surface area (Å²) in [6, 6.07) is 7.36. The number of hydrogen-bond acceptors (Lipinski definition) is 7. The monoisotopic (exact) mass is 456 g/mol. The van der Waals surface area contributed by atoms with Crippen LogP contribution in [-0.4, -0.2) is 55.0 Å². The van der Waals surface area contributed by atoms with E-state index in [0.29, 0.717) is 25.3 Å². The molecule has 0 radical (unpaired) electrons. The summed E-state index contributed by atoms with van der Waals surface area (Å²) >= 11 is 0. The molecular formula is C24H36N6O3. The van der Waals surface area contributed by atoms with Gasteiger partial charge in [0.05, 0.1) is 24.8 Å². The smallest absolute Gasteiger partial charge is 0.252 e. The summed E-state index contributed by atoms with van der Waals surface area (Å²) in [5.74, 6) is 1.65. The average Bonchev–Trinajstić information content (AvgIpc) is 3.25. The van der Waals surface area contributed by atoms with Crippen LogP contribution in [0.1, 0.15) is 65.4 Å². The van der Waals surface area contributed by atoms with Crippen molar-refractivity contribution < 1.29 is 9.84 Å². The van der Waals surface area contributed by atoms with Gasteiger partial charge in [0.25, 0.3) is 5.56 Å².